The lowest BCUT2D eigenvalue weighted by molar-refractivity contribution is -0.140. The molecule has 0 bridgehead atoms. The quantitative estimate of drug-likeness (QED) is 0.805. The van der Waals surface area contributed by atoms with Crippen molar-refractivity contribution >= 4 is 12.0 Å². The van der Waals surface area contributed by atoms with Gasteiger partial charge in [0.15, 0.2) is 0 Å². The summed E-state index contributed by atoms with van der Waals surface area (Å²) in [6, 6.07) is -1.06. The molecule has 0 saturated carbocycles. The minimum Gasteiger partial charge on any atom is -0.480 e. The summed E-state index contributed by atoms with van der Waals surface area (Å²) in [5.41, 5.74) is 0.216. The van der Waals surface area contributed by atoms with Crippen LogP contribution in [-0.2, 0) is 4.79 Å². The number of nitrogens with one attached hydrogen (secondary N) is 1. The maximum absolute atomic E-state index is 12.1. The van der Waals surface area contributed by atoms with Crippen molar-refractivity contribution in [3.63, 3.8) is 0 Å². The third-order valence-corrected chi connectivity index (χ3v) is 4.44. The molecule has 1 fully saturated rings. The number of urea groups is 1. The molecule has 0 aromatic heterocycles. The van der Waals surface area contributed by atoms with E-state index in [1.165, 1.54) is 0 Å². The van der Waals surface area contributed by atoms with Gasteiger partial charge in [-0.05, 0) is 30.6 Å². The predicted molar refractivity (Wildman–Crippen MR) is 74.0 cm³/mol. The van der Waals surface area contributed by atoms with Crippen LogP contribution in [0, 0.1) is 11.3 Å². The minimum absolute atomic E-state index is 0.119. The molecule has 0 aliphatic carbocycles. The van der Waals surface area contributed by atoms with E-state index in [0.717, 1.165) is 32.4 Å². The molecule has 1 heterocycles. The molecule has 110 valence electrons. The number of hydrogen-bond acceptors (Lipinski definition) is 2. The molecule has 1 saturated heterocycles. The van der Waals surface area contributed by atoms with E-state index in [9.17, 15) is 9.59 Å². The van der Waals surface area contributed by atoms with E-state index in [2.05, 4.69) is 19.2 Å². The zero-order chi connectivity index (χ0) is 14.6. The van der Waals surface area contributed by atoms with Crippen LogP contribution in [-0.4, -0.2) is 41.1 Å². The van der Waals surface area contributed by atoms with Gasteiger partial charge in [-0.1, -0.05) is 27.7 Å². The molecule has 1 atom stereocenters. The lowest BCUT2D eigenvalue weighted by Crippen LogP contribution is -2.49. The third-order valence-electron chi connectivity index (χ3n) is 4.44. The first-order valence-electron chi connectivity index (χ1n) is 7.13. The molecule has 0 radical (unpaired) electrons. The van der Waals surface area contributed by atoms with E-state index >= 15 is 0 Å². The highest BCUT2D eigenvalue weighted by atomic mass is 16.4. The normalized spacial score (nSPS) is 19.5. The van der Waals surface area contributed by atoms with Crippen molar-refractivity contribution in [3.8, 4) is 0 Å². The van der Waals surface area contributed by atoms with Crippen LogP contribution < -0.4 is 5.32 Å². The Kier molecular flexibility index (Phi) is 5.20. The number of carbonyl (C=O) groups excluding carboxylic acids is 1. The summed E-state index contributed by atoms with van der Waals surface area (Å²) in [6.45, 7) is 9.35. The van der Waals surface area contributed by atoms with Gasteiger partial charge < -0.3 is 15.3 Å². The summed E-state index contributed by atoms with van der Waals surface area (Å²) < 4.78 is 0. The highest BCUT2D eigenvalue weighted by Gasteiger charge is 2.38. The molecular weight excluding hydrogens is 244 g/mol. The third kappa shape index (κ3) is 3.61. The number of hydrogen-bond donors (Lipinski definition) is 2. The van der Waals surface area contributed by atoms with Crippen LogP contribution in [0.3, 0.4) is 0 Å². The number of nitrogens with zero attached hydrogens (tertiary/aromatic N) is 1. The van der Waals surface area contributed by atoms with Gasteiger partial charge in [0.25, 0.3) is 0 Å². The van der Waals surface area contributed by atoms with Crippen molar-refractivity contribution in [2.45, 2.75) is 53.0 Å². The maximum atomic E-state index is 12.1. The molecule has 5 heteroatoms. The largest absolute Gasteiger partial charge is 0.480 e. The fraction of sp³-hybridized carbons (Fsp3) is 0.857. The highest BCUT2D eigenvalue weighted by molar-refractivity contribution is 5.82. The Hall–Kier alpha value is -1.26. The number of carboxylic acid groups (broad SMARTS) is 1. The number of carboxylic acids is 1. The fourth-order valence-corrected chi connectivity index (χ4v) is 2.67. The van der Waals surface area contributed by atoms with Gasteiger partial charge in [0.05, 0.1) is 0 Å². The van der Waals surface area contributed by atoms with E-state index in [-0.39, 0.29) is 17.4 Å². The van der Waals surface area contributed by atoms with Crippen LogP contribution >= 0.6 is 0 Å². The first-order chi connectivity index (χ1) is 8.85. The van der Waals surface area contributed by atoms with Gasteiger partial charge in [-0.3, -0.25) is 0 Å². The van der Waals surface area contributed by atoms with E-state index in [0.29, 0.717) is 0 Å². The smallest absolute Gasteiger partial charge is 0.326 e. The van der Waals surface area contributed by atoms with Gasteiger partial charge in [0.1, 0.15) is 6.04 Å². The average molecular weight is 270 g/mol. The Morgan fingerprint density at radius 2 is 1.89 bits per heavy atom. The van der Waals surface area contributed by atoms with Crippen LogP contribution in [0.1, 0.15) is 47.0 Å². The second-order valence-electron chi connectivity index (χ2n) is 5.89. The standard InChI is InChI=1S/C14H26N2O3/c1-5-14(6-2)7-8-16(9-14)13(19)15-11(10(3)4)12(17)18/h10-11H,5-9H2,1-4H3,(H,15,19)(H,17,18). The minimum atomic E-state index is -0.972. The zero-order valence-electron chi connectivity index (χ0n) is 12.4. The zero-order valence-corrected chi connectivity index (χ0v) is 12.4. The number of carbonyl (C=O) groups is 2. The molecule has 2 N–H and O–H groups in total. The predicted octanol–water partition coefficient (Wildman–Crippen LogP) is 2.32. The number of likely N-dealkylation sites (tertiary alicyclic amines) is 1. The first-order valence-corrected chi connectivity index (χ1v) is 7.13. The second kappa shape index (κ2) is 6.26. The monoisotopic (exact) mass is 270 g/mol. The van der Waals surface area contributed by atoms with Gasteiger partial charge in [-0.25, -0.2) is 9.59 Å². The van der Waals surface area contributed by atoms with Crippen LogP contribution in [0.4, 0.5) is 4.79 Å². The lowest BCUT2D eigenvalue weighted by atomic mass is 9.82. The summed E-state index contributed by atoms with van der Waals surface area (Å²) in [4.78, 5) is 25.0. The van der Waals surface area contributed by atoms with Crippen LogP contribution in [0.2, 0.25) is 0 Å². The van der Waals surface area contributed by atoms with E-state index in [4.69, 9.17) is 5.11 Å². The number of rotatable bonds is 5. The summed E-state index contributed by atoms with van der Waals surface area (Å²) in [7, 11) is 0. The molecule has 1 aliphatic rings. The number of amides is 2. The van der Waals surface area contributed by atoms with E-state index in [1.54, 1.807) is 18.7 Å². The topological polar surface area (TPSA) is 69.6 Å². The van der Waals surface area contributed by atoms with Crippen LogP contribution in [0.25, 0.3) is 0 Å². The molecule has 5 nitrogen and oxygen atoms in total. The van der Waals surface area contributed by atoms with Gasteiger partial charge >= 0.3 is 12.0 Å². The lowest BCUT2D eigenvalue weighted by Gasteiger charge is -2.27. The highest BCUT2D eigenvalue weighted by Crippen LogP contribution is 2.36. The Morgan fingerprint density at radius 3 is 2.26 bits per heavy atom. The number of aliphatic carboxylic acids is 1. The molecular formula is C14H26N2O3. The van der Waals surface area contributed by atoms with Gasteiger partial charge in [-0.15, -0.1) is 0 Å². The Labute approximate surface area is 115 Å². The van der Waals surface area contributed by atoms with Crippen molar-refractivity contribution in [2.24, 2.45) is 11.3 Å². The summed E-state index contributed by atoms with van der Waals surface area (Å²) in [6.07, 6.45) is 3.12. The van der Waals surface area contributed by atoms with Crippen molar-refractivity contribution in [3.05, 3.63) is 0 Å². The van der Waals surface area contributed by atoms with Crippen molar-refractivity contribution in [1.82, 2.24) is 10.2 Å². The second-order valence-corrected chi connectivity index (χ2v) is 5.89. The Bertz CT molecular complexity index is 338. The summed E-state index contributed by atoms with van der Waals surface area (Å²) in [5, 5.41) is 11.7. The molecule has 2 amide bonds. The maximum Gasteiger partial charge on any atom is 0.326 e. The van der Waals surface area contributed by atoms with Gasteiger partial charge in [0.2, 0.25) is 0 Å². The molecule has 19 heavy (non-hydrogen) atoms. The molecule has 0 aromatic carbocycles. The summed E-state index contributed by atoms with van der Waals surface area (Å²) >= 11 is 0. The molecule has 0 aromatic rings. The molecule has 1 unspecified atom stereocenters. The first kappa shape index (κ1) is 15.8. The Balaban J connectivity index is 2.63. The van der Waals surface area contributed by atoms with Crippen molar-refractivity contribution in [1.29, 1.82) is 0 Å². The van der Waals surface area contributed by atoms with E-state index < -0.39 is 12.0 Å². The summed E-state index contributed by atoms with van der Waals surface area (Å²) in [5.74, 6) is -1.09. The van der Waals surface area contributed by atoms with E-state index in [1.807, 2.05) is 0 Å². The Morgan fingerprint density at radius 1 is 1.32 bits per heavy atom. The van der Waals surface area contributed by atoms with Crippen molar-refractivity contribution < 1.29 is 14.7 Å². The SMILES string of the molecule is CCC1(CC)CCN(C(=O)NC(C(=O)O)C(C)C)C1. The average Bonchev–Trinajstić information content (AvgIpc) is 2.80. The van der Waals surface area contributed by atoms with Crippen molar-refractivity contribution in [2.75, 3.05) is 13.1 Å². The molecule has 1 rings (SSSR count). The van der Waals surface area contributed by atoms with Gasteiger partial charge in [-0.2, -0.15) is 0 Å². The van der Waals surface area contributed by atoms with Crippen LogP contribution in [0.15, 0.2) is 0 Å². The van der Waals surface area contributed by atoms with Gasteiger partial charge in [0, 0.05) is 13.1 Å². The molecule has 1 aliphatic heterocycles. The fourth-order valence-electron chi connectivity index (χ4n) is 2.67. The van der Waals surface area contributed by atoms with Crippen LogP contribution in [0.5, 0.6) is 0 Å². The molecule has 0 spiro atoms.